The molecule has 0 spiro atoms. The molecule has 5 rings (SSSR count). The average molecular weight is 520 g/mol. The Labute approximate surface area is 193 Å². The van der Waals surface area contributed by atoms with Crippen molar-refractivity contribution in [1.82, 2.24) is 0 Å². The van der Waals surface area contributed by atoms with Gasteiger partial charge in [-0.05, 0) is 69.6 Å². The standard InChI is InChI=1S/C27H20Br2O/c28-20-12-13-23-19(15-20)14-18-10-11-21(29)16-25(18)26(23)27(30)24-9-5-4-8-22(24)17-6-2-1-3-7-17/h1-13,15-16,26-27,30H,14H2. The van der Waals surface area contributed by atoms with Crippen LogP contribution in [0.2, 0.25) is 0 Å². The SMILES string of the molecule is OC(c1ccccc1-c1ccccc1)C1c2ccc(Br)cc2Cc2ccc(Br)cc21. The molecule has 1 nitrogen and oxygen atoms in total. The minimum absolute atomic E-state index is 0.126. The molecule has 0 saturated heterocycles. The monoisotopic (exact) mass is 518 g/mol. The van der Waals surface area contributed by atoms with Gasteiger partial charge in [0, 0.05) is 14.9 Å². The zero-order chi connectivity index (χ0) is 20.7. The maximum Gasteiger partial charge on any atom is 0.0905 e. The van der Waals surface area contributed by atoms with Gasteiger partial charge in [0.1, 0.15) is 0 Å². The zero-order valence-electron chi connectivity index (χ0n) is 16.2. The lowest BCUT2D eigenvalue weighted by Gasteiger charge is -2.33. The second-order valence-electron chi connectivity index (χ2n) is 7.74. The quantitative estimate of drug-likeness (QED) is 0.294. The summed E-state index contributed by atoms with van der Waals surface area (Å²) >= 11 is 7.25. The summed E-state index contributed by atoms with van der Waals surface area (Å²) in [7, 11) is 0. The minimum Gasteiger partial charge on any atom is -0.387 e. The first-order valence-corrected chi connectivity index (χ1v) is 11.6. The molecular formula is C27H20Br2O. The molecule has 3 heteroatoms. The highest BCUT2D eigenvalue weighted by Crippen LogP contribution is 2.46. The summed E-state index contributed by atoms with van der Waals surface area (Å²) in [4.78, 5) is 0. The van der Waals surface area contributed by atoms with Gasteiger partial charge in [0.05, 0.1) is 6.10 Å². The van der Waals surface area contributed by atoms with Crippen molar-refractivity contribution in [3.8, 4) is 11.1 Å². The highest BCUT2D eigenvalue weighted by atomic mass is 79.9. The molecule has 4 aromatic carbocycles. The van der Waals surface area contributed by atoms with Crippen LogP contribution < -0.4 is 0 Å². The fraction of sp³-hybridized carbons (Fsp3) is 0.111. The largest absolute Gasteiger partial charge is 0.387 e. The van der Waals surface area contributed by atoms with E-state index in [-0.39, 0.29) is 5.92 Å². The number of fused-ring (bicyclic) bond motifs is 2. The summed E-state index contributed by atoms with van der Waals surface area (Å²) in [5.74, 6) is -0.126. The second kappa shape index (κ2) is 8.14. The number of hydrogen-bond acceptors (Lipinski definition) is 1. The van der Waals surface area contributed by atoms with E-state index in [9.17, 15) is 5.11 Å². The van der Waals surface area contributed by atoms with Gasteiger partial charge < -0.3 is 5.11 Å². The topological polar surface area (TPSA) is 20.2 Å². The van der Waals surface area contributed by atoms with Crippen LogP contribution in [-0.2, 0) is 6.42 Å². The van der Waals surface area contributed by atoms with Crippen LogP contribution in [0.1, 0.15) is 39.8 Å². The smallest absolute Gasteiger partial charge is 0.0905 e. The van der Waals surface area contributed by atoms with Crippen molar-refractivity contribution in [2.75, 3.05) is 0 Å². The van der Waals surface area contributed by atoms with E-state index in [1.807, 2.05) is 30.3 Å². The number of benzene rings is 4. The number of aliphatic hydroxyl groups excluding tert-OH is 1. The van der Waals surface area contributed by atoms with Gasteiger partial charge in [0.15, 0.2) is 0 Å². The van der Waals surface area contributed by atoms with E-state index >= 15 is 0 Å². The molecule has 2 unspecified atom stereocenters. The predicted octanol–water partition coefficient (Wildman–Crippen LogP) is 7.65. The van der Waals surface area contributed by atoms with Crippen molar-refractivity contribution in [2.24, 2.45) is 0 Å². The van der Waals surface area contributed by atoms with Crippen LogP contribution in [0, 0.1) is 0 Å². The fourth-order valence-corrected chi connectivity index (χ4v) is 5.36. The lowest BCUT2D eigenvalue weighted by Crippen LogP contribution is -2.20. The van der Waals surface area contributed by atoms with E-state index in [2.05, 4.69) is 92.5 Å². The van der Waals surface area contributed by atoms with Gasteiger partial charge in [-0.1, -0.05) is 98.6 Å². The first-order chi connectivity index (χ1) is 14.6. The molecule has 1 aliphatic rings. The molecule has 1 aliphatic carbocycles. The van der Waals surface area contributed by atoms with Crippen molar-refractivity contribution in [3.63, 3.8) is 0 Å². The average Bonchev–Trinajstić information content (AvgIpc) is 2.78. The van der Waals surface area contributed by atoms with E-state index in [0.29, 0.717) is 0 Å². The molecule has 4 aromatic rings. The van der Waals surface area contributed by atoms with Crippen LogP contribution in [0.3, 0.4) is 0 Å². The van der Waals surface area contributed by atoms with Crippen LogP contribution in [0.5, 0.6) is 0 Å². The van der Waals surface area contributed by atoms with Gasteiger partial charge in [-0.25, -0.2) is 0 Å². The third-order valence-electron chi connectivity index (χ3n) is 5.94. The number of aliphatic hydroxyl groups is 1. The van der Waals surface area contributed by atoms with Gasteiger partial charge in [-0.3, -0.25) is 0 Å². The van der Waals surface area contributed by atoms with Crippen LogP contribution in [-0.4, -0.2) is 5.11 Å². The van der Waals surface area contributed by atoms with Crippen LogP contribution in [0.25, 0.3) is 11.1 Å². The Kier molecular flexibility index (Phi) is 5.36. The van der Waals surface area contributed by atoms with Crippen molar-refractivity contribution in [1.29, 1.82) is 0 Å². The first kappa shape index (κ1) is 19.7. The first-order valence-electron chi connectivity index (χ1n) is 10.0. The van der Waals surface area contributed by atoms with Gasteiger partial charge in [0.2, 0.25) is 0 Å². The summed E-state index contributed by atoms with van der Waals surface area (Å²) in [6.45, 7) is 0. The molecule has 0 aromatic heterocycles. The molecule has 0 radical (unpaired) electrons. The number of rotatable bonds is 3. The van der Waals surface area contributed by atoms with Crippen LogP contribution >= 0.6 is 31.9 Å². The van der Waals surface area contributed by atoms with Crippen molar-refractivity contribution >= 4 is 31.9 Å². The summed E-state index contributed by atoms with van der Waals surface area (Å²) in [6.07, 6.45) is 0.218. The summed E-state index contributed by atoms with van der Waals surface area (Å²) in [5.41, 5.74) is 8.06. The normalized spacial score (nSPS) is 15.9. The molecule has 148 valence electrons. The van der Waals surface area contributed by atoms with Gasteiger partial charge >= 0.3 is 0 Å². The van der Waals surface area contributed by atoms with E-state index in [1.165, 1.54) is 22.3 Å². The molecule has 2 atom stereocenters. The van der Waals surface area contributed by atoms with E-state index < -0.39 is 6.10 Å². The van der Waals surface area contributed by atoms with Gasteiger partial charge in [-0.15, -0.1) is 0 Å². The Balaban J connectivity index is 1.69. The second-order valence-corrected chi connectivity index (χ2v) is 9.57. The van der Waals surface area contributed by atoms with E-state index in [1.54, 1.807) is 0 Å². The van der Waals surface area contributed by atoms with Crippen molar-refractivity contribution in [3.05, 3.63) is 128 Å². The molecule has 0 fully saturated rings. The Hall–Kier alpha value is -2.20. The Morgan fingerprint density at radius 3 is 2.23 bits per heavy atom. The molecule has 0 aliphatic heterocycles. The molecule has 0 heterocycles. The molecule has 0 amide bonds. The van der Waals surface area contributed by atoms with Crippen LogP contribution in [0.4, 0.5) is 0 Å². The van der Waals surface area contributed by atoms with Crippen LogP contribution in [0.15, 0.2) is 99.9 Å². The number of hydrogen-bond donors (Lipinski definition) is 1. The molecule has 1 N–H and O–H groups in total. The summed E-state index contributed by atoms with van der Waals surface area (Å²) in [6, 6.07) is 31.3. The Bertz CT molecular complexity index is 1220. The predicted molar refractivity (Wildman–Crippen MR) is 130 cm³/mol. The zero-order valence-corrected chi connectivity index (χ0v) is 19.4. The maximum atomic E-state index is 11.8. The molecule has 30 heavy (non-hydrogen) atoms. The van der Waals surface area contributed by atoms with Gasteiger partial charge in [-0.2, -0.15) is 0 Å². The third kappa shape index (κ3) is 3.56. The Morgan fingerprint density at radius 2 is 1.40 bits per heavy atom. The summed E-state index contributed by atoms with van der Waals surface area (Å²) < 4.78 is 2.11. The summed E-state index contributed by atoms with van der Waals surface area (Å²) in [5, 5.41) is 11.8. The van der Waals surface area contributed by atoms with E-state index in [0.717, 1.165) is 32.1 Å². The minimum atomic E-state index is -0.658. The third-order valence-corrected chi connectivity index (χ3v) is 6.93. The molecule has 0 bridgehead atoms. The van der Waals surface area contributed by atoms with Gasteiger partial charge in [0.25, 0.3) is 0 Å². The fourth-order valence-electron chi connectivity index (χ4n) is 4.58. The van der Waals surface area contributed by atoms with Crippen molar-refractivity contribution in [2.45, 2.75) is 18.4 Å². The number of halogens is 2. The molecular weight excluding hydrogens is 500 g/mol. The highest BCUT2D eigenvalue weighted by molar-refractivity contribution is 9.10. The Morgan fingerprint density at radius 1 is 0.700 bits per heavy atom. The lowest BCUT2D eigenvalue weighted by atomic mass is 9.73. The van der Waals surface area contributed by atoms with E-state index in [4.69, 9.17) is 0 Å². The maximum absolute atomic E-state index is 11.8. The highest BCUT2D eigenvalue weighted by Gasteiger charge is 2.33. The molecule has 0 saturated carbocycles. The van der Waals surface area contributed by atoms with Crippen molar-refractivity contribution < 1.29 is 5.11 Å². The lowest BCUT2D eigenvalue weighted by molar-refractivity contribution is 0.158.